The lowest BCUT2D eigenvalue weighted by Crippen LogP contribution is -2.45. The topological polar surface area (TPSA) is 90.4 Å². The number of aliphatic hydroxyl groups is 1. The van der Waals surface area contributed by atoms with Crippen LogP contribution in [0, 0.1) is 5.92 Å². The molecule has 3 aliphatic heterocycles. The van der Waals surface area contributed by atoms with Gasteiger partial charge in [0.1, 0.15) is 0 Å². The lowest BCUT2D eigenvalue weighted by molar-refractivity contribution is -0.149. The van der Waals surface area contributed by atoms with Crippen molar-refractivity contribution in [2.24, 2.45) is 5.92 Å². The standard InChI is InChI=1S/C31H38FN3O5Si/c1-5-15-34-26-14-13-23(35(20-37)22-10-7-6-8-11-22)17-25(26)31(30(34)39)21(2)29(41(3,4)32)27(40-31)18-28(38)33-16-9-12-24(33)19-36/h5-8,10-11,13-14,17,20-21,24,27,29,36H,1,9,12,15-16,18-19H2,2-4H3/t21-,24-,27+,29-,31+/m0/s1. The first-order valence-corrected chi connectivity index (χ1v) is 17.2. The van der Waals surface area contributed by atoms with Gasteiger partial charge in [0.2, 0.25) is 20.7 Å². The predicted octanol–water partition coefficient (Wildman–Crippen LogP) is 4.66. The number of amides is 3. The van der Waals surface area contributed by atoms with Crippen LogP contribution in [0.25, 0.3) is 0 Å². The van der Waals surface area contributed by atoms with Crippen LogP contribution in [0.15, 0.2) is 61.2 Å². The number of rotatable bonds is 9. The Balaban J connectivity index is 1.59. The van der Waals surface area contributed by atoms with E-state index >= 15 is 4.11 Å². The van der Waals surface area contributed by atoms with E-state index < -0.39 is 31.6 Å². The third kappa shape index (κ3) is 4.81. The number of carbonyl (C=O) groups is 3. The summed E-state index contributed by atoms with van der Waals surface area (Å²) in [6, 6.07) is 14.2. The van der Waals surface area contributed by atoms with E-state index in [0.717, 1.165) is 19.3 Å². The molecule has 0 unspecified atom stereocenters. The van der Waals surface area contributed by atoms with E-state index in [0.29, 0.717) is 29.2 Å². The number of hydrogen-bond donors (Lipinski definition) is 1. The summed E-state index contributed by atoms with van der Waals surface area (Å²) in [5, 5.41) is 9.77. The van der Waals surface area contributed by atoms with Gasteiger partial charge in [0.25, 0.3) is 5.91 Å². The number of hydrogen-bond acceptors (Lipinski definition) is 5. The Hall–Kier alpha value is -3.34. The van der Waals surface area contributed by atoms with Gasteiger partial charge in [0.15, 0.2) is 5.60 Å². The van der Waals surface area contributed by atoms with Gasteiger partial charge in [-0.3, -0.25) is 19.3 Å². The maximum absolute atomic E-state index is 16.1. The van der Waals surface area contributed by atoms with Crippen LogP contribution in [0.2, 0.25) is 18.6 Å². The average molecular weight is 580 g/mol. The van der Waals surface area contributed by atoms with Gasteiger partial charge in [-0.05, 0) is 56.3 Å². The van der Waals surface area contributed by atoms with Crippen LogP contribution >= 0.6 is 0 Å². The van der Waals surface area contributed by atoms with Crippen molar-refractivity contribution in [3.63, 3.8) is 0 Å². The molecule has 10 heteroatoms. The Bertz CT molecular complexity index is 1330. The normalized spacial score (nSPS) is 27.4. The van der Waals surface area contributed by atoms with Crippen LogP contribution in [0.4, 0.5) is 21.2 Å². The molecule has 0 bridgehead atoms. The number of fused-ring (bicyclic) bond motifs is 2. The molecule has 2 fully saturated rings. The van der Waals surface area contributed by atoms with Crippen LogP contribution in [0.5, 0.6) is 0 Å². The maximum atomic E-state index is 16.1. The molecule has 0 aliphatic carbocycles. The van der Waals surface area contributed by atoms with Crippen LogP contribution in [-0.2, 0) is 24.7 Å². The number of para-hydroxylation sites is 1. The second-order valence-electron chi connectivity index (χ2n) is 11.8. The van der Waals surface area contributed by atoms with Crippen molar-refractivity contribution in [2.75, 3.05) is 29.5 Å². The van der Waals surface area contributed by atoms with E-state index in [1.807, 2.05) is 37.3 Å². The quantitative estimate of drug-likeness (QED) is 0.202. The molecule has 5 atom stereocenters. The number of ether oxygens (including phenoxy) is 1. The molecule has 0 aromatic heterocycles. The summed E-state index contributed by atoms with van der Waals surface area (Å²) in [6.07, 6.45) is 2.99. The molecule has 5 rings (SSSR count). The number of benzene rings is 2. The number of carbonyl (C=O) groups excluding carboxylic acids is 3. The van der Waals surface area contributed by atoms with Gasteiger partial charge in [0, 0.05) is 41.5 Å². The Labute approximate surface area is 241 Å². The van der Waals surface area contributed by atoms with Crippen LogP contribution in [0.1, 0.15) is 31.7 Å². The first-order valence-electron chi connectivity index (χ1n) is 14.2. The first-order chi connectivity index (χ1) is 19.6. The second kappa shape index (κ2) is 11.1. The molecule has 1 spiro atoms. The van der Waals surface area contributed by atoms with Crippen molar-refractivity contribution in [3.8, 4) is 0 Å². The lowest BCUT2D eigenvalue weighted by atomic mass is 9.82. The van der Waals surface area contributed by atoms with E-state index in [9.17, 15) is 19.5 Å². The van der Waals surface area contributed by atoms with Gasteiger partial charge in [0.05, 0.1) is 30.9 Å². The van der Waals surface area contributed by atoms with Crippen LogP contribution in [-0.4, -0.2) is 68.5 Å². The Morgan fingerprint density at radius 2 is 1.98 bits per heavy atom. The van der Waals surface area contributed by atoms with Crippen molar-refractivity contribution in [1.29, 1.82) is 0 Å². The summed E-state index contributed by atoms with van der Waals surface area (Å²) in [7, 11) is -3.46. The lowest BCUT2D eigenvalue weighted by Gasteiger charge is -2.31. The number of nitrogens with zero attached hydrogens (tertiary/aromatic N) is 3. The molecule has 2 aromatic carbocycles. The monoisotopic (exact) mass is 579 g/mol. The molecular formula is C31H38FN3O5Si. The van der Waals surface area contributed by atoms with Gasteiger partial charge < -0.3 is 23.8 Å². The molecular weight excluding hydrogens is 541 g/mol. The first kappa shape index (κ1) is 29.2. The predicted molar refractivity (Wildman–Crippen MR) is 158 cm³/mol. The highest BCUT2D eigenvalue weighted by Gasteiger charge is 2.67. The smallest absolute Gasteiger partial charge is 0.264 e. The number of halogens is 1. The number of aliphatic hydroxyl groups excluding tert-OH is 1. The minimum Gasteiger partial charge on any atom is -0.394 e. The van der Waals surface area contributed by atoms with Crippen LogP contribution in [0.3, 0.4) is 0 Å². The van der Waals surface area contributed by atoms with Crippen LogP contribution < -0.4 is 9.80 Å². The van der Waals surface area contributed by atoms with E-state index in [1.165, 1.54) is 4.90 Å². The molecule has 218 valence electrons. The fourth-order valence-electron chi connectivity index (χ4n) is 7.20. The van der Waals surface area contributed by atoms with Gasteiger partial charge in [-0.25, -0.2) is 0 Å². The Kier molecular flexibility index (Phi) is 7.93. The van der Waals surface area contributed by atoms with Gasteiger partial charge in [-0.2, -0.15) is 0 Å². The molecule has 2 saturated heterocycles. The van der Waals surface area contributed by atoms with Gasteiger partial charge in [-0.1, -0.05) is 31.2 Å². The minimum atomic E-state index is -3.46. The summed E-state index contributed by atoms with van der Waals surface area (Å²) >= 11 is 0. The number of anilines is 3. The van der Waals surface area contributed by atoms with E-state index in [-0.39, 0.29) is 37.4 Å². The molecule has 0 radical (unpaired) electrons. The zero-order valence-corrected chi connectivity index (χ0v) is 24.8. The summed E-state index contributed by atoms with van der Waals surface area (Å²) in [6.45, 7) is 9.51. The highest BCUT2D eigenvalue weighted by molar-refractivity contribution is 6.72. The number of likely N-dealkylation sites (tertiary alicyclic amines) is 1. The van der Waals surface area contributed by atoms with Crippen molar-refractivity contribution in [3.05, 3.63) is 66.7 Å². The molecule has 3 amide bonds. The average Bonchev–Trinajstić information content (AvgIpc) is 3.60. The molecule has 3 aliphatic rings. The maximum Gasteiger partial charge on any atom is 0.264 e. The van der Waals surface area contributed by atoms with E-state index in [1.54, 1.807) is 47.2 Å². The summed E-state index contributed by atoms with van der Waals surface area (Å²) in [4.78, 5) is 44.8. The van der Waals surface area contributed by atoms with Crippen molar-refractivity contribution in [2.45, 2.75) is 62.6 Å². The fourth-order valence-corrected chi connectivity index (χ4v) is 9.69. The van der Waals surface area contributed by atoms with Gasteiger partial charge in [-0.15, -0.1) is 6.58 Å². The van der Waals surface area contributed by atoms with E-state index in [4.69, 9.17) is 4.74 Å². The molecule has 8 nitrogen and oxygen atoms in total. The molecule has 0 saturated carbocycles. The second-order valence-corrected chi connectivity index (χ2v) is 15.6. The molecule has 2 aromatic rings. The van der Waals surface area contributed by atoms with Crippen molar-refractivity contribution < 1.29 is 28.3 Å². The van der Waals surface area contributed by atoms with E-state index in [2.05, 4.69) is 6.58 Å². The summed E-state index contributed by atoms with van der Waals surface area (Å²) < 4.78 is 22.8. The Morgan fingerprint density at radius 1 is 1.24 bits per heavy atom. The minimum absolute atomic E-state index is 0.0676. The Morgan fingerprint density at radius 3 is 2.61 bits per heavy atom. The summed E-state index contributed by atoms with van der Waals surface area (Å²) in [5.41, 5.74) is 0.225. The van der Waals surface area contributed by atoms with Crippen molar-refractivity contribution in [1.82, 2.24) is 4.90 Å². The zero-order valence-electron chi connectivity index (χ0n) is 23.8. The molecule has 41 heavy (non-hydrogen) atoms. The summed E-state index contributed by atoms with van der Waals surface area (Å²) in [5.74, 6) is -1.09. The van der Waals surface area contributed by atoms with Crippen molar-refractivity contribution >= 4 is 43.7 Å². The highest BCUT2D eigenvalue weighted by atomic mass is 28.4. The largest absolute Gasteiger partial charge is 0.394 e. The fraction of sp³-hybridized carbons (Fsp3) is 0.452. The highest BCUT2D eigenvalue weighted by Crippen LogP contribution is 2.60. The molecule has 3 heterocycles. The third-order valence-electron chi connectivity index (χ3n) is 8.96. The third-order valence-corrected chi connectivity index (χ3v) is 11.4. The SMILES string of the molecule is C=CCN1C(=O)[C@]2(O[C@H](CC(=O)N3CCC[C@H]3CO)[C@@H]([Si](C)(C)F)[C@@H]2C)c2cc(N(C=O)c3ccccc3)ccc21. The van der Waals surface area contributed by atoms with Gasteiger partial charge >= 0.3 is 0 Å². The zero-order chi connectivity index (χ0) is 29.5. The molecule has 1 N–H and O–H groups in total.